The van der Waals surface area contributed by atoms with Gasteiger partial charge in [0.2, 0.25) is 0 Å². The molecular formula is C21H26F2O. The summed E-state index contributed by atoms with van der Waals surface area (Å²) >= 11 is 0. The topological polar surface area (TPSA) is 17.1 Å². The lowest BCUT2D eigenvalue weighted by Gasteiger charge is -2.58. The minimum absolute atomic E-state index is 0.0255. The highest BCUT2D eigenvalue weighted by atomic mass is 19.1. The van der Waals surface area contributed by atoms with Crippen molar-refractivity contribution in [3.05, 3.63) is 35.5 Å². The molecule has 0 aromatic carbocycles. The van der Waals surface area contributed by atoms with Gasteiger partial charge in [-0.05, 0) is 72.8 Å². The van der Waals surface area contributed by atoms with Crippen molar-refractivity contribution in [3.63, 3.8) is 0 Å². The molecule has 0 bridgehead atoms. The second-order valence-corrected chi connectivity index (χ2v) is 8.67. The fraction of sp³-hybridized carbons (Fsp3) is 0.667. The van der Waals surface area contributed by atoms with E-state index in [1.165, 1.54) is 0 Å². The van der Waals surface area contributed by atoms with Crippen LogP contribution in [0.15, 0.2) is 35.5 Å². The van der Waals surface area contributed by atoms with Crippen molar-refractivity contribution in [2.75, 3.05) is 0 Å². The Labute approximate surface area is 142 Å². The Morgan fingerprint density at radius 3 is 2.54 bits per heavy atom. The Hall–Kier alpha value is -1.25. The van der Waals surface area contributed by atoms with E-state index in [9.17, 15) is 13.6 Å². The molecule has 0 aliphatic heterocycles. The molecule has 3 saturated carbocycles. The van der Waals surface area contributed by atoms with E-state index in [0.717, 1.165) is 44.1 Å². The highest BCUT2D eigenvalue weighted by Crippen LogP contribution is 2.67. The monoisotopic (exact) mass is 332 g/mol. The van der Waals surface area contributed by atoms with E-state index in [-0.39, 0.29) is 22.7 Å². The van der Waals surface area contributed by atoms with E-state index in [1.54, 1.807) is 0 Å². The Balaban J connectivity index is 1.88. The molecule has 0 saturated heterocycles. The number of Topliss-reactive ketones (excluding diaryl/α,β-unsaturated/α-hetero) is 1. The van der Waals surface area contributed by atoms with Crippen molar-refractivity contribution in [1.82, 2.24) is 0 Å². The van der Waals surface area contributed by atoms with Gasteiger partial charge in [-0.2, -0.15) is 0 Å². The third-order valence-corrected chi connectivity index (χ3v) is 7.85. The highest BCUT2D eigenvalue weighted by molar-refractivity contribution is 5.87. The maximum Gasteiger partial charge on any atom is 0.139 e. The second kappa shape index (κ2) is 5.37. The molecule has 0 amide bonds. The summed E-state index contributed by atoms with van der Waals surface area (Å²) < 4.78 is 27.8. The first-order valence-electron chi connectivity index (χ1n) is 9.32. The zero-order valence-corrected chi connectivity index (χ0v) is 14.6. The zero-order chi connectivity index (χ0) is 17.1. The first-order chi connectivity index (χ1) is 11.5. The summed E-state index contributed by atoms with van der Waals surface area (Å²) in [5, 5.41) is 0. The fourth-order valence-corrected chi connectivity index (χ4v) is 6.54. The Bertz CT molecular complexity index is 673. The van der Waals surface area contributed by atoms with Crippen LogP contribution in [0, 0.1) is 28.6 Å². The van der Waals surface area contributed by atoms with Crippen molar-refractivity contribution in [2.45, 2.75) is 58.8 Å². The lowest BCUT2D eigenvalue weighted by molar-refractivity contribution is -0.130. The van der Waals surface area contributed by atoms with E-state index >= 15 is 0 Å². The minimum Gasteiger partial charge on any atom is -0.299 e. The van der Waals surface area contributed by atoms with Crippen LogP contribution in [-0.4, -0.2) is 5.78 Å². The largest absolute Gasteiger partial charge is 0.299 e. The van der Waals surface area contributed by atoms with E-state index in [4.69, 9.17) is 0 Å². The lowest BCUT2D eigenvalue weighted by atomic mass is 9.45. The molecule has 4 rings (SSSR count). The van der Waals surface area contributed by atoms with Crippen molar-refractivity contribution in [2.24, 2.45) is 28.6 Å². The van der Waals surface area contributed by atoms with Gasteiger partial charge >= 0.3 is 0 Å². The smallest absolute Gasteiger partial charge is 0.139 e. The van der Waals surface area contributed by atoms with Crippen LogP contribution in [0.5, 0.6) is 0 Å². The van der Waals surface area contributed by atoms with E-state index < -0.39 is 0 Å². The molecule has 0 N–H and O–H groups in total. The summed E-state index contributed by atoms with van der Waals surface area (Å²) in [6.45, 7) is 4.31. The number of ketones is 1. The molecule has 1 nitrogen and oxygen atoms in total. The normalized spacial score (nSPS) is 48.1. The van der Waals surface area contributed by atoms with Gasteiger partial charge in [-0.15, -0.1) is 0 Å². The van der Waals surface area contributed by atoms with Gasteiger partial charge in [-0.25, -0.2) is 8.78 Å². The predicted molar refractivity (Wildman–Crippen MR) is 90.5 cm³/mol. The Morgan fingerprint density at radius 1 is 1.08 bits per heavy atom. The van der Waals surface area contributed by atoms with Crippen molar-refractivity contribution in [1.29, 1.82) is 0 Å². The van der Waals surface area contributed by atoms with E-state index in [0.29, 0.717) is 41.9 Å². The Kier molecular flexibility index (Phi) is 3.63. The number of fused-ring (bicyclic) bond motifs is 5. The van der Waals surface area contributed by atoms with Crippen LogP contribution in [0.25, 0.3) is 0 Å². The molecule has 5 atom stereocenters. The van der Waals surface area contributed by atoms with Gasteiger partial charge in [0, 0.05) is 17.4 Å². The van der Waals surface area contributed by atoms with E-state index in [1.807, 2.05) is 0 Å². The number of hydrogen-bond acceptors (Lipinski definition) is 1. The Morgan fingerprint density at radius 2 is 1.83 bits per heavy atom. The number of carbonyl (C=O) groups excluding carboxylic acids is 1. The molecule has 0 aromatic rings. The van der Waals surface area contributed by atoms with Crippen molar-refractivity contribution < 1.29 is 13.6 Å². The number of hydrogen-bond donors (Lipinski definition) is 0. The highest BCUT2D eigenvalue weighted by Gasteiger charge is 2.61. The van der Waals surface area contributed by atoms with E-state index in [2.05, 4.69) is 19.9 Å². The van der Waals surface area contributed by atoms with Gasteiger partial charge < -0.3 is 0 Å². The third-order valence-electron chi connectivity index (χ3n) is 7.85. The van der Waals surface area contributed by atoms with Crippen LogP contribution in [0.4, 0.5) is 8.78 Å². The first-order valence-corrected chi connectivity index (χ1v) is 9.32. The van der Waals surface area contributed by atoms with Gasteiger partial charge in [-0.3, -0.25) is 4.79 Å². The average Bonchev–Trinajstić information content (AvgIpc) is 2.88. The number of rotatable bonds is 0. The average molecular weight is 332 g/mol. The van der Waals surface area contributed by atoms with Gasteiger partial charge in [-0.1, -0.05) is 19.9 Å². The quantitative estimate of drug-likeness (QED) is 0.545. The van der Waals surface area contributed by atoms with Crippen molar-refractivity contribution >= 4 is 5.78 Å². The molecular weight excluding hydrogens is 306 g/mol. The minimum atomic E-state index is -0.344. The number of halogens is 2. The lowest BCUT2D eigenvalue weighted by Crippen LogP contribution is -2.51. The summed E-state index contributed by atoms with van der Waals surface area (Å²) in [6.07, 6.45) is 9.71. The van der Waals surface area contributed by atoms with Crippen molar-refractivity contribution in [3.8, 4) is 0 Å². The van der Waals surface area contributed by atoms with Gasteiger partial charge in [0.25, 0.3) is 0 Å². The van der Waals surface area contributed by atoms with Gasteiger partial charge in [0.1, 0.15) is 5.78 Å². The molecule has 0 aromatic heterocycles. The van der Waals surface area contributed by atoms with Crippen LogP contribution in [0.1, 0.15) is 58.8 Å². The molecule has 130 valence electrons. The number of carbonyl (C=O) groups is 1. The fourth-order valence-electron chi connectivity index (χ4n) is 6.54. The summed E-state index contributed by atoms with van der Waals surface area (Å²) in [5.74, 6) is 0.771. The molecule has 0 spiro atoms. The molecule has 4 aliphatic carbocycles. The predicted octanol–water partition coefficient (Wildman–Crippen LogP) is 5.84. The summed E-state index contributed by atoms with van der Waals surface area (Å²) in [5.41, 5.74) is 1.56. The van der Waals surface area contributed by atoms with Crippen LogP contribution in [-0.2, 0) is 4.79 Å². The molecule has 4 aliphatic rings. The number of allylic oxidation sites excluding steroid dienone is 4. The maximum atomic E-state index is 14.0. The molecule has 0 unspecified atom stereocenters. The molecule has 24 heavy (non-hydrogen) atoms. The summed E-state index contributed by atoms with van der Waals surface area (Å²) in [6, 6.07) is 0. The second-order valence-electron chi connectivity index (χ2n) is 8.67. The summed E-state index contributed by atoms with van der Waals surface area (Å²) in [4.78, 5) is 12.5. The standard InChI is InChI=1S/C21H26F2O/c1-20-9-4-3-5-15(20)13(11-22)14(12-23)19-16-6-7-18(24)21(16,2)10-8-17(19)20/h5,11-12,16-17,19H,3-4,6-10H2,1-2H3/t16-,17-,19-,20-,21-/m0/s1. The SMILES string of the molecule is C[C@]12CCCC=C1C(=CF)C(=CF)[C@@H]1[C@@H]2CC[C@]2(C)C(=O)CC[C@@H]12. The van der Waals surface area contributed by atoms with Crippen LogP contribution < -0.4 is 0 Å². The maximum absolute atomic E-state index is 14.0. The first kappa shape index (κ1) is 16.2. The zero-order valence-electron chi connectivity index (χ0n) is 14.6. The van der Waals surface area contributed by atoms with Gasteiger partial charge in [0.15, 0.2) is 0 Å². The van der Waals surface area contributed by atoms with Crippen LogP contribution >= 0.6 is 0 Å². The molecule has 3 fully saturated rings. The van der Waals surface area contributed by atoms with Gasteiger partial charge in [0.05, 0.1) is 12.7 Å². The molecule has 0 radical (unpaired) electrons. The van der Waals surface area contributed by atoms with Crippen LogP contribution in [0.3, 0.4) is 0 Å². The molecule has 0 heterocycles. The molecule has 3 heteroatoms. The summed E-state index contributed by atoms with van der Waals surface area (Å²) in [7, 11) is 0. The van der Waals surface area contributed by atoms with Crippen LogP contribution in [0.2, 0.25) is 0 Å². The third kappa shape index (κ3) is 1.87.